The zero-order valence-electron chi connectivity index (χ0n) is 10.1. The van der Waals surface area contributed by atoms with E-state index < -0.39 is 0 Å². The Morgan fingerprint density at radius 3 is 2.69 bits per heavy atom. The summed E-state index contributed by atoms with van der Waals surface area (Å²) in [5, 5.41) is 13.5. The molecule has 16 heavy (non-hydrogen) atoms. The molecule has 4 nitrogen and oxygen atoms in total. The first-order valence-electron chi connectivity index (χ1n) is 5.42. The molecule has 0 spiro atoms. The number of nitrogens with one attached hydrogen (secondary N) is 3. The maximum absolute atomic E-state index is 7.60. The third-order valence-corrected chi connectivity index (χ3v) is 2.23. The van der Waals surface area contributed by atoms with E-state index in [0.717, 1.165) is 17.8 Å². The van der Waals surface area contributed by atoms with Gasteiger partial charge in [-0.1, -0.05) is 12.1 Å². The Bertz CT molecular complexity index is 366. The molecule has 0 amide bonds. The molecule has 1 rings (SSSR count). The van der Waals surface area contributed by atoms with Gasteiger partial charge in [-0.2, -0.15) is 0 Å². The quantitative estimate of drug-likeness (QED) is 0.464. The standard InChI is InChI=1S/C12H20N4/c1-4-15-11(13)16-10-7-5-6-9(8-10)12(2,3)14/h5-8H,4,14H2,1-3H3,(H3,13,15,16). The molecule has 0 unspecified atom stereocenters. The van der Waals surface area contributed by atoms with Crippen LogP contribution in [0.4, 0.5) is 5.69 Å². The average Bonchev–Trinajstić information content (AvgIpc) is 2.17. The van der Waals surface area contributed by atoms with E-state index in [1.54, 1.807) is 0 Å². The van der Waals surface area contributed by atoms with Crippen molar-refractivity contribution in [2.75, 3.05) is 11.9 Å². The largest absolute Gasteiger partial charge is 0.357 e. The second kappa shape index (κ2) is 4.99. The van der Waals surface area contributed by atoms with Crippen LogP contribution in [0, 0.1) is 5.41 Å². The predicted molar refractivity (Wildman–Crippen MR) is 68.7 cm³/mol. The smallest absolute Gasteiger partial charge is 0.192 e. The lowest BCUT2D eigenvalue weighted by atomic mass is 9.95. The second-order valence-electron chi connectivity index (χ2n) is 4.33. The van der Waals surface area contributed by atoms with Crippen molar-refractivity contribution >= 4 is 11.6 Å². The Balaban J connectivity index is 2.79. The Hall–Kier alpha value is -1.55. The molecule has 88 valence electrons. The zero-order valence-corrected chi connectivity index (χ0v) is 10.1. The van der Waals surface area contributed by atoms with E-state index in [1.165, 1.54) is 0 Å². The summed E-state index contributed by atoms with van der Waals surface area (Å²) < 4.78 is 0. The van der Waals surface area contributed by atoms with Gasteiger partial charge in [0.2, 0.25) is 0 Å². The second-order valence-corrected chi connectivity index (χ2v) is 4.33. The lowest BCUT2D eigenvalue weighted by molar-refractivity contribution is 0.555. The van der Waals surface area contributed by atoms with Crippen LogP contribution in [0.5, 0.6) is 0 Å². The van der Waals surface area contributed by atoms with Crippen LogP contribution in [-0.4, -0.2) is 12.5 Å². The molecular formula is C12H20N4. The zero-order chi connectivity index (χ0) is 12.2. The lowest BCUT2D eigenvalue weighted by Gasteiger charge is -2.20. The number of hydrogen-bond donors (Lipinski definition) is 4. The minimum Gasteiger partial charge on any atom is -0.357 e. The van der Waals surface area contributed by atoms with E-state index in [9.17, 15) is 0 Å². The minimum absolute atomic E-state index is 0.300. The molecule has 0 saturated heterocycles. The Morgan fingerprint density at radius 1 is 1.44 bits per heavy atom. The van der Waals surface area contributed by atoms with Crippen LogP contribution < -0.4 is 16.4 Å². The van der Waals surface area contributed by atoms with Crippen LogP contribution >= 0.6 is 0 Å². The normalized spacial score (nSPS) is 11.0. The molecule has 0 aliphatic rings. The van der Waals surface area contributed by atoms with Crippen molar-refractivity contribution in [3.05, 3.63) is 29.8 Å². The van der Waals surface area contributed by atoms with Gasteiger partial charge in [0.25, 0.3) is 0 Å². The molecule has 0 atom stereocenters. The maximum atomic E-state index is 7.60. The minimum atomic E-state index is -0.363. The van der Waals surface area contributed by atoms with E-state index in [0.29, 0.717) is 5.96 Å². The van der Waals surface area contributed by atoms with Crippen molar-refractivity contribution in [3.8, 4) is 0 Å². The maximum Gasteiger partial charge on any atom is 0.192 e. The molecule has 0 fully saturated rings. The summed E-state index contributed by atoms with van der Waals surface area (Å²) in [5.74, 6) is 0.300. The summed E-state index contributed by atoms with van der Waals surface area (Å²) in [5.41, 5.74) is 7.58. The van der Waals surface area contributed by atoms with Gasteiger partial charge in [-0.3, -0.25) is 5.41 Å². The summed E-state index contributed by atoms with van der Waals surface area (Å²) in [6.07, 6.45) is 0. The van der Waals surface area contributed by atoms with Gasteiger partial charge in [-0.25, -0.2) is 0 Å². The summed E-state index contributed by atoms with van der Waals surface area (Å²) in [4.78, 5) is 0. The van der Waals surface area contributed by atoms with Gasteiger partial charge in [-0.05, 0) is 38.5 Å². The van der Waals surface area contributed by atoms with Crippen LogP contribution in [0.1, 0.15) is 26.3 Å². The highest BCUT2D eigenvalue weighted by atomic mass is 15.1. The molecule has 1 aromatic carbocycles. The van der Waals surface area contributed by atoms with E-state index in [4.69, 9.17) is 11.1 Å². The lowest BCUT2D eigenvalue weighted by Crippen LogP contribution is -2.30. The Kier molecular flexibility index (Phi) is 3.90. The topological polar surface area (TPSA) is 73.9 Å². The molecule has 0 aliphatic carbocycles. The highest BCUT2D eigenvalue weighted by Crippen LogP contribution is 2.20. The number of rotatable bonds is 3. The summed E-state index contributed by atoms with van der Waals surface area (Å²) >= 11 is 0. The predicted octanol–water partition coefficient (Wildman–Crippen LogP) is 1.84. The molecule has 0 bridgehead atoms. The van der Waals surface area contributed by atoms with E-state index in [-0.39, 0.29) is 5.54 Å². The first kappa shape index (κ1) is 12.5. The monoisotopic (exact) mass is 220 g/mol. The molecule has 1 aromatic rings. The van der Waals surface area contributed by atoms with Gasteiger partial charge in [0, 0.05) is 17.8 Å². The van der Waals surface area contributed by atoms with E-state index >= 15 is 0 Å². The van der Waals surface area contributed by atoms with Crippen LogP contribution in [0.2, 0.25) is 0 Å². The number of nitrogens with two attached hydrogens (primary N) is 1. The molecule has 0 heterocycles. The fourth-order valence-corrected chi connectivity index (χ4v) is 1.36. The number of benzene rings is 1. The first-order chi connectivity index (χ1) is 7.43. The van der Waals surface area contributed by atoms with Gasteiger partial charge in [0.1, 0.15) is 0 Å². The van der Waals surface area contributed by atoms with Gasteiger partial charge in [0.05, 0.1) is 0 Å². The number of guanidine groups is 1. The van der Waals surface area contributed by atoms with Crippen molar-refractivity contribution in [2.45, 2.75) is 26.3 Å². The van der Waals surface area contributed by atoms with Crippen molar-refractivity contribution in [1.82, 2.24) is 5.32 Å². The third kappa shape index (κ3) is 3.55. The Labute approximate surface area is 96.7 Å². The van der Waals surface area contributed by atoms with Gasteiger partial charge in [0.15, 0.2) is 5.96 Å². The van der Waals surface area contributed by atoms with Crippen LogP contribution in [0.25, 0.3) is 0 Å². The van der Waals surface area contributed by atoms with Gasteiger partial charge < -0.3 is 16.4 Å². The summed E-state index contributed by atoms with van der Waals surface area (Å²) in [7, 11) is 0. The SMILES string of the molecule is CCNC(=N)Nc1cccc(C(C)(C)N)c1. The van der Waals surface area contributed by atoms with E-state index in [2.05, 4.69) is 10.6 Å². The molecule has 4 heteroatoms. The highest BCUT2D eigenvalue weighted by Gasteiger charge is 2.13. The van der Waals surface area contributed by atoms with E-state index in [1.807, 2.05) is 45.0 Å². The van der Waals surface area contributed by atoms with Crippen molar-refractivity contribution in [1.29, 1.82) is 5.41 Å². The highest BCUT2D eigenvalue weighted by molar-refractivity contribution is 5.91. The number of anilines is 1. The van der Waals surface area contributed by atoms with Crippen molar-refractivity contribution in [3.63, 3.8) is 0 Å². The van der Waals surface area contributed by atoms with Crippen LogP contribution in [0.3, 0.4) is 0 Å². The van der Waals surface area contributed by atoms with Crippen molar-refractivity contribution < 1.29 is 0 Å². The Morgan fingerprint density at radius 2 is 2.12 bits per heavy atom. The molecule has 0 aromatic heterocycles. The fraction of sp³-hybridized carbons (Fsp3) is 0.417. The number of hydrogen-bond acceptors (Lipinski definition) is 2. The molecule has 0 radical (unpaired) electrons. The molecular weight excluding hydrogens is 200 g/mol. The van der Waals surface area contributed by atoms with Gasteiger partial charge in [-0.15, -0.1) is 0 Å². The summed E-state index contributed by atoms with van der Waals surface area (Å²) in [6, 6.07) is 7.81. The molecule has 5 N–H and O–H groups in total. The summed E-state index contributed by atoms with van der Waals surface area (Å²) in [6.45, 7) is 6.60. The van der Waals surface area contributed by atoms with Crippen LogP contribution in [-0.2, 0) is 5.54 Å². The van der Waals surface area contributed by atoms with Crippen molar-refractivity contribution in [2.24, 2.45) is 5.73 Å². The first-order valence-corrected chi connectivity index (χ1v) is 5.42. The third-order valence-electron chi connectivity index (χ3n) is 2.23. The fourth-order valence-electron chi connectivity index (χ4n) is 1.36. The average molecular weight is 220 g/mol. The molecule has 0 aliphatic heterocycles. The van der Waals surface area contributed by atoms with Gasteiger partial charge >= 0.3 is 0 Å². The molecule has 0 saturated carbocycles. The van der Waals surface area contributed by atoms with Crippen LogP contribution in [0.15, 0.2) is 24.3 Å².